The molecule has 0 saturated carbocycles. The number of aromatic amines is 1. The molecule has 30 heavy (non-hydrogen) atoms. The highest BCUT2D eigenvalue weighted by Crippen LogP contribution is 2.39. The zero-order valence-electron chi connectivity index (χ0n) is 17.4. The lowest BCUT2D eigenvalue weighted by Gasteiger charge is -2.15. The number of benzene rings is 1. The normalized spacial score (nSPS) is 10.7. The van der Waals surface area contributed by atoms with Crippen molar-refractivity contribution in [2.75, 3.05) is 27.9 Å². The molecule has 0 bridgehead atoms. The van der Waals surface area contributed by atoms with E-state index in [-0.39, 0.29) is 12.4 Å². The zero-order valence-corrected chi connectivity index (χ0v) is 17.4. The van der Waals surface area contributed by atoms with E-state index >= 15 is 0 Å². The zero-order chi connectivity index (χ0) is 21.5. The first-order valence-electron chi connectivity index (χ1n) is 9.71. The van der Waals surface area contributed by atoms with E-state index < -0.39 is 0 Å². The highest BCUT2D eigenvalue weighted by atomic mass is 16.5. The number of pyridine rings is 1. The number of carbonyl (C=O) groups is 1. The molecule has 7 heteroatoms. The molecular weight excluding hydrogens is 384 g/mol. The van der Waals surface area contributed by atoms with Gasteiger partial charge < -0.3 is 24.3 Å². The van der Waals surface area contributed by atoms with Crippen molar-refractivity contribution < 1.29 is 24.1 Å². The Labute approximate surface area is 175 Å². The van der Waals surface area contributed by atoms with E-state index in [4.69, 9.17) is 19.3 Å². The number of aliphatic hydroxyl groups excluding tert-OH is 1. The van der Waals surface area contributed by atoms with Crippen molar-refractivity contribution in [3.63, 3.8) is 0 Å². The molecule has 0 unspecified atom stereocenters. The Balaban J connectivity index is 2.07. The molecule has 7 nitrogen and oxygen atoms in total. The lowest BCUT2D eigenvalue weighted by Crippen LogP contribution is -2.09. The van der Waals surface area contributed by atoms with Gasteiger partial charge in [-0.2, -0.15) is 0 Å². The third kappa shape index (κ3) is 4.46. The van der Waals surface area contributed by atoms with Crippen LogP contribution in [0.4, 0.5) is 0 Å². The number of aromatic nitrogens is 2. The molecular formula is C23H26N2O5. The number of ketones is 1. The van der Waals surface area contributed by atoms with Crippen molar-refractivity contribution >= 4 is 5.78 Å². The molecule has 2 aromatic heterocycles. The molecule has 1 aromatic carbocycles. The van der Waals surface area contributed by atoms with Crippen LogP contribution in [0.25, 0.3) is 11.3 Å². The van der Waals surface area contributed by atoms with Crippen LogP contribution in [0.2, 0.25) is 0 Å². The van der Waals surface area contributed by atoms with Gasteiger partial charge in [-0.1, -0.05) is 0 Å². The molecule has 0 aliphatic heterocycles. The molecule has 0 aliphatic rings. The monoisotopic (exact) mass is 410 g/mol. The van der Waals surface area contributed by atoms with Gasteiger partial charge in [0.15, 0.2) is 17.3 Å². The Kier molecular flexibility index (Phi) is 7.08. The smallest absolute Gasteiger partial charge is 0.203 e. The third-order valence-corrected chi connectivity index (χ3v) is 4.87. The van der Waals surface area contributed by atoms with E-state index in [2.05, 4.69) is 9.97 Å². The molecule has 0 atom stereocenters. The number of rotatable bonds is 10. The Morgan fingerprint density at radius 2 is 1.80 bits per heavy atom. The largest absolute Gasteiger partial charge is 0.493 e. The first kappa shape index (κ1) is 21.4. The van der Waals surface area contributed by atoms with Gasteiger partial charge in [-0.25, -0.2) is 0 Å². The molecule has 0 fully saturated rings. The molecule has 0 spiro atoms. The van der Waals surface area contributed by atoms with Crippen molar-refractivity contribution in [3.8, 4) is 28.5 Å². The molecule has 0 radical (unpaired) electrons. The molecule has 2 heterocycles. The van der Waals surface area contributed by atoms with Crippen LogP contribution in [0.1, 0.15) is 34.5 Å². The number of ether oxygens (including phenoxy) is 3. The number of hydrogen-bond donors (Lipinski definition) is 2. The second kappa shape index (κ2) is 9.93. The minimum absolute atomic E-state index is 0.108. The SMILES string of the molecule is COc1cc(C(=O)c2cc(-c3ccc[nH]3)cnc2CCCCO)cc(OC)c1OC. The van der Waals surface area contributed by atoms with Gasteiger partial charge in [-0.15, -0.1) is 0 Å². The van der Waals surface area contributed by atoms with Crippen molar-refractivity contribution in [1.29, 1.82) is 0 Å². The molecule has 3 rings (SSSR count). The minimum Gasteiger partial charge on any atom is -0.493 e. The standard InChI is InChI=1S/C23H26N2O5/c1-28-20-12-15(13-21(29-2)23(20)30-3)22(27)17-11-16(18-8-6-9-24-18)14-25-19(17)7-4-5-10-26/h6,8-9,11-14,24,26H,4-5,7,10H2,1-3H3. The van der Waals surface area contributed by atoms with E-state index in [1.807, 2.05) is 24.4 Å². The van der Waals surface area contributed by atoms with Gasteiger partial charge >= 0.3 is 0 Å². The van der Waals surface area contributed by atoms with Gasteiger partial charge in [0.05, 0.1) is 27.0 Å². The Morgan fingerprint density at radius 3 is 2.37 bits per heavy atom. The first-order chi connectivity index (χ1) is 14.6. The fraction of sp³-hybridized carbons (Fsp3) is 0.304. The van der Waals surface area contributed by atoms with Crippen LogP contribution in [-0.2, 0) is 6.42 Å². The van der Waals surface area contributed by atoms with Crippen LogP contribution >= 0.6 is 0 Å². The second-order valence-corrected chi connectivity index (χ2v) is 6.73. The second-order valence-electron chi connectivity index (χ2n) is 6.73. The number of aliphatic hydroxyl groups is 1. The molecule has 0 aliphatic carbocycles. The molecule has 3 aromatic rings. The van der Waals surface area contributed by atoms with Gasteiger partial charge in [0.2, 0.25) is 5.75 Å². The highest BCUT2D eigenvalue weighted by Gasteiger charge is 2.21. The maximum Gasteiger partial charge on any atom is 0.203 e. The van der Waals surface area contributed by atoms with Crippen molar-refractivity contribution in [1.82, 2.24) is 9.97 Å². The highest BCUT2D eigenvalue weighted by molar-refractivity contribution is 6.10. The lowest BCUT2D eigenvalue weighted by atomic mass is 9.96. The van der Waals surface area contributed by atoms with Crippen molar-refractivity contribution in [3.05, 3.63) is 59.5 Å². The fourth-order valence-corrected chi connectivity index (χ4v) is 3.32. The van der Waals surface area contributed by atoms with Crippen molar-refractivity contribution in [2.45, 2.75) is 19.3 Å². The first-order valence-corrected chi connectivity index (χ1v) is 9.71. The van der Waals surface area contributed by atoms with E-state index in [1.54, 1.807) is 18.3 Å². The van der Waals surface area contributed by atoms with E-state index in [9.17, 15) is 4.79 Å². The topological polar surface area (TPSA) is 93.7 Å². The molecule has 0 amide bonds. The van der Waals surface area contributed by atoms with E-state index in [0.717, 1.165) is 17.7 Å². The number of aryl methyl sites for hydroxylation is 1. The van der Waals surface area contributed by atoms with E-state index in [0.29, 0.717) is 46.9 Å². The number of H-pyrrole nitrogens is 1. The summed E-state index contributed by atoms with van der Waals surface area (Å²) in [5.74, 6) is 1.07. The van der Waals surface area contributed by atoms with Gasteiger partial charge in [-0.3, -0.25) is 9.78 Å². The van der Waals surface area contributed by atoms with Gasteiger partial charge in [-0.05, 0) is 49.6 Å². The predicted octanol–water partition coefficient (Wildman–Crippen LogP) is 3.65. The summed E-state index contributed by atoms with van der Waals surface area (Å²) >= 11 is 0. The number of hydrogen-bond acceptors (Lipinski definition) is 6. The van der Waals surface area contributed by atoms with Crippen LogP contribution < -0.4 is 14.2 Å². The van der Waals surface area contributed by atoms with Gasteiger partial charge in [0.25, 0.3) is 0 Å². The van der Waals surface area contributed by atoms with Gasteiger partial charge in [0.1, 0.15) is 0 Å². The van der Waals surface area contributed by atoms with Crippen molar-refractivity contribution in [2.24, 2.45) is 0 Å². The van der Waals surface area contributed by atoms with Gasteiger partial charge in [0, 0.05) is 41.4 Å². The summed E-state index contributed by atoms with van der Waals surface area (Å²) < 4.78 is 16.1. The number of unbranched alkanes of at least 4 members (excludes halogenated alkanes) is 1. The fourth-order valence-electron chi connectivity index (χ4n) is 3.32. The number of nitrogens with zero attached hydrogens (tertiary/aromatic N) is 1. The summed E-state index contributed by atoms with van der Waals surface area (Å²) in [4.78, 5) is 21.2. The quantitative estimate of drug-likeness (QED) is 0.391. The van der Waals surface area contributed by atoms with Crippen LogP contribution in [0, 0.1) is 0 Å². The summed E-state index contributed by atoms with van der Waals surface area (Å²) in [6.07, 6.45) is 5.56. The summed E-state index contributed by atoms with van der Waals surface area (Å²) in [5.41, 5.74) is 3.32. The third-order valence-electron chi connectivity index (χ3n) is 4.87. The Bertz CT molecular complexity index is 974. The number of carbonyl (C=O) groups excluding carboxylic acids is 1. The molecule has 158 valence electrons. The van der Waals surface area contributed by atoms with E-state index in [1.165, 1.54) is 21.3 Å². The van der Waals surface area contributed by atoms with Crippen LogP contribution in [0.15, 0.2) is 42.7 Å². The summed E-state index contributed by atoms with van der Waals surface area (Å²) in [7, 11) is 4.55. The summed E-state index contributed by atoms with van der Waals surface area (Å²) in [6.45, 7) is 0.108. The summed E-state index contributed by atoms with van der Waals surface area (Å²) in [6, 6.07) is 8.95. The maximum absolute atomic E-state index is 13.5. The van der Waals surface area contributed by atoms with Crippen LogP contribution in [0.3, 0.4) is 0 Å². The average Bonchev–Trinajstić information content (AvgIpc) is 3.32. The number of nitrogens with one attached hydrogen (secondary N) is 1. The molecule has 0 saturated heterocycles. The van der Waals surface area contributed by atoms with Crippen LogP contribution in [-0.4, -0.2) is 48.8 Å². The van der Waals surface area contributed by atoms with Crippen LogP contribution in [0.5, 0.6) is 17.2 Å². The lowest BCUT2D eigenvalue weighted by molar-refractivity contribution is 0.103. The summed E-state index contributed by atoms with van der Waals surface area (Å²) in [5, 5.41) is 9.10. The Morgan fingerprint density at radius 1 is 1.07 bits per heavy atom. The molecule has 2 N–H and O–H groups in total. The minimum atomic E-state index is -0.186. The number of methoxy groups -OCH3 is 3. The predicted molar refractivity (Wildman–Crippen MR) is 114 cm³/mol. The maximum atomic E-state index is 13.5. The Hall–Kier alpha value is -3.32. The average molecular weight is 410 g/mol.